The largest absolute Gasteiger partial charge is 0.374 e. The molecule has 0 atom stereocenters. The van der Waals surface area contributed by atoms with E-state index in [1.807, 2.05) is 11.0 Å². The molecule has 1 aliphatic rings. The Morgan fingerprint density at radius 1 is 1.35 bits per heavy atom. The van der Waals surface area contributed by atoms with Gasteiger partial charge in [-0.1, -0.05) is 30.1 Å². The molecule has 1 aromatic carbocycles. The first kappa shape index (κ1) is 17.6. The molecule has 1 heterocycles. The molecule has 1 fully saturated rings. The Hall–Kier alpha value is -1.74. The molecule has 1 aromatic rings. The molecule has 0 bridgehead atoms. The summed E-state index contributed by atoms with van der Waals surface area (Å²) in [6, 6.07) is 6.73. The smallest absolute Gasteiger partial charge is 0.267 e. The number of nitrogens with zero attached hydrogens (tertiary/aromatic N) is 3. The Morgan fingerprint density at radius 2 is 2.04 bits per heavy atom. The highest BCUT2D eigenvalue weighted by molar-refractivity contribution is 6.36. The van der Waals surface area contributed by atoms with Gasteiger partial charge in [0.25, 0.3) is 5.91 Å². The minimum atomic E-state index is -0.477. The van der Waals surface area contributed by atoms with Gasteiger partial charge in [0.15, 0.2) is 0 Å². The highest BCUT2D eigenvalue weighted by Gasteiger charge is 2.17. The number of halogens is 2. The third kappa shape index (κ3) is 4.87. The van der Waals surface area contributed by atoms with Crippen LogP contribution in [0.3, 0.4) is 0 Å². The number of nitriles is 1. The second-order valence-corrected chi connectivity index (χ2v) is 6.05. The van der Waals surface area contributed by atoms with Crippen LogP contribution in [0.1, 0.15) is 6.92 Å². The maximum atomic E-state index is 12.2. The first-order valence-electron chi connectivity index (χ1n) is 7.38. The van der Waals surface area contributed by atoms with Gasteiger partial charge in [0.05, 0.1) is 10.7 Å². The zero-order valence-corrected chi connectivity index (χ0v) is 14.4. The van der Waals surface area contributed by atoms with E-state index in [2.05, 4.69) is 17.1 Å². The van der Waals surface area contributed by atoms with Crippen molar-refractivity contribution in [3.63, 3.8) is 0 Å². The van der Waals surface area contributed by atoms with E-state index in [4.69, 9.17) is 23.2 Å². The Morgan fingerprint density at radius 3 is 2.61 bits per heavy atom. The van der Waals surface area contributed by atoms with E-state index in [1.165, 1.54) is 0 Å². The Labute approximate surface area is 146 Å². The van der Waals surface area contributed by atoms with E-state index in [9.17, 15) is 10.1 Å². The number of rotatable bonds is 4. The van der Waals surface area contributed by atoms with Crippen LogP contribution < -0.4 is 5.32 Å². The Bertz CT molecular complexity index is 646. The molecule has 23 heavy (non-hydrogen) atoms. The molecule has 1 amide bonds. The van der Waals surface area contributed by atoms with Crippen LogP contribution in [0.5, 0.6) is 0 Å². The van der Waals surface area contributed by atoms with E-state index in [-0.39, 0.29) is 5.57 Å². The first-order valence-corrected chi connectivity index (χ1v) is 8.13. The third-order valence-corrected chi connectivity index (χ3v) is 4.26. The zero-order chi connectivity index (χ0) is 16.8. The zero-order valence-electron chi connectivity index (χ0n) is 12.9. The molecular formula is C16H18Cl2N4O. The number of hydrogen-bond acceptors (Lipinski definition) is 4. The predicted octanol–water partition coefficient (Wildman–Crippen LogP) is 2.98. The summed E-state index contributed by atoms with van der Waals surface area (Å²) in [5.41, 5.74) is 0.485. The van der Waals surface area contributed by atoms with Gasteiger partial charge in [0, 0.05) is 37.4 Å². The van der Waals surface area contributed by atoms with Crippen molar-refractivity contribution in [3.05, 3.63) is 40.0 Å². The summed E-state index contributed by atoms with van der Waals surface area (Å²) in [5, 5.41) is 12.7. The van der Waals surface area contributed by atoms with E-state index in [0.29, 0.717) is 15.7 Å². The molecule has 0 aromatic heterocycles. The predicted molar refractivity (Wildman–Crippen MR) is 92.5 cm³/mol. The number of likely N-dealkylation sites (N-methyl/N-ethyl adjacent to an activating group) is 1. The van der Waals surface area contributed by atoms with Gasteiger partial charge in [-0.3, -0.25) is 4.79 Å². The molecule has 7 heteroatoms. The number of piperazine rings is 1. The molecule has 0 radical (unpaired) electrons. The molecule has 0 spiro atoms. The minimum absolute atomic E-state index is 0.0564. The van der Waals surface area contributed by atoms with Crippen molar-refractivity contribution in [2.45, 2.75) is 6.92 Å². The van der Waals surface area contributed by atoms with E-state index in [0.717, 1.165) is 32.7 Å². The fourth-order valence-electron chi connectivity index (χ4n) is 2.31. The molecule has 5 nitrogen and oxygen atoms in total. The molecule has 0 aliphatic carbocycles. The fraction of sp³-hybridized carbons (Fsp3) is 0.375. The second kappa shape index (κ2) is 8.21. The standard InChI is InChI=1S/C16H18Cl2N4O/c1-2-21-5-7-22(8-6-21)11-12(10-19)16(23)20-15-4-3-13(17)9-14(15)18/h3-4,9,11H,2,5-8H2,1H3,(H,20,23)/b12-11-. The van der Waals surface area contributed by atoms with Crippen molar-refractivity contribution < 1.29 is 4.79 Å². The lowest BCUT2D eigenvalue weighted by Crippen LogP contribution is -2.44. The van der Waals surface area contributed by atoms with Crippen LogP contribution >= 0.6 is 23.2 Å². The van der Waals surface area contributed by atoms with Crippen LogP contribution in [0.15, 0.2) is 30.0 Å². The molecule has 1 N–H and O–H groups in total. The van der Waals surface area contributed by atoms with E-state index in [1.54, 1.807) is 24.4 Å². The Kier molecular flexibility index (Phi) is 6.28. The van der Waals surface area contributed by atoms with Crippen LogP contribution in [-0.4, -0.2) is 48.4 Å². The van der Waals surface area contributed by atoms with Gasteiger partial charge in [-0.05, 0) is 24.7 Å². The summed E-state index contributed by atoms with van der Waals surface area (Å²) in [4.78, 5) is 16.6. The molecule has 1 saturated heterocycles. The Balaban J connectivity index is 2.04. The summed E-state index contributed by atoms with van der Waals surface area (Å²) in [5.74, 6) is -0.477. The lowest BCUT2D eigenvalue weighted by atomic mass is 10.2. The normalized spacial score (nSPS) is 16.1. The molecule has 0 unspecified atom stereocenters. The number of anilines is 1. The van der Waals surface area contributed by atoms with Gasteiger partial charge in [-0.2, -0.15) is 5.26 Å². The summed E-state index contributed by atoms with van der Waals surface area (Å²) in [7, 11) is 0. The van der Waals surface area contributed by atoms with E-state index < -0.39 is 5.91 Å². The minimum Gasteiger partial charge on any atom is -0.374 e. The highest BCUT2D eigenvalue weighted by Crippen LogP contribution is 2.25. The van der Waals surface area contributed by atoms with Crippen molar-refractivity contribution in [2.75, 3.05) is 38.0 Å². The van der Waals surface area contributed by atoms with Crippen LogP contribution in [0.4, 0.5) is 5.69 Å². The van der Waals surface area contributed by atoms with Gasteiger partial charge in [-0.15, -0.1) is 0 Å². The molecule has 0 saturated carbocycles. The van der Waals surface area contributed by atoms with Crippen molar-refractivity contribution in [1.82, 2.24) is 9.80 Å². The summed E-state index contributed by atoms with van der Waals surface area (Å²) >= 11 is 11.9. The lowest BCUT2D eigenvalue weighted by Gasteiger charge is -2.33. The number of hydrogen-bond donors (Lipinski definition) is 1. The summed E-state index contributed by atoms with van der Waals surface area (Å²) in [6.07, 6.45) is 1.62. The van der Waals surface area contributed by atoms with Crippen molar-refractivity contribution in [1.29, 1.82) is 5.26 Å². The van der Waals surface area contributed by atoms with Gasteiger partial charge in [0.2, 0.25) is 0 Å². The van der Waals surface area contributed by atoms with Crippen LogP contribution in [0.2, 0.25) is 10.0 Å². The third-order valence-electron chi connectivity index (χ3n) is 3.71. The summed E-state index contributed by atoms with van der Waals surface area (Å²) < 4.78 is 0. The maximum absolute atomic E-state index is 12.2. The van der Waals surface area contributed by atoms with Gasteiger partial charge in [0.1, 0.15) is 11.6 Å². The van der Waals surface area contributed by atoms with Crippen LogP contribution in [0.25, 0.3) is 0 Å². The first-order chi connectivity index (χ1) is 11.0. The average Bonchev–Trinajstić information content (AvgIpc) is 2.55. The SMILES string of the molecule is CCN1CCN(/C=C(/C#N)C(=O)Nc2ccc(Cl)cc2Cl)CC1. The maximum Gasteiger partial charge on any atom is 0.267 e. The molecule has 1 aliphatic heterocycles. The van der Waals surface area contributed by atoms with Crippen molar-refractivity contribution in [3.8, 4) is 6.07 Å². The number of benzene rings is 1. The second-order valence-electron chi connectivity index (χ2n) is 5.20. The lowest BCUT2D eigenvalue weighted by molar-refractivity contribution is -0.112. The molecule has 2 rings (SSSR count). The quantitative estimate of drug-likeness (QED) is 0.668. The number of nitrogens with one attached hydrogen (secondary N) is 1. The fourth-order valence-corrected chi connectivity index (χ4v) is 2.77. The number of amides is 1. The summed E-state index contributed by atoms with van der Waals surface area (Å²) in [6.45, 7) is 6.59. The van der Waals surface area contributed by atoms with Crippen LogP contribution in [-0.2, 0) is 4.79 Å². The van der Waals surface area contributed by atoms with E-state index >= 15 is 0 Å². The molecule has 122 valence electrons. The van der Waals surface area contributed by atoms with Gasteiger partial charge < -0.3 is 15.1 Å². The monoisotopic (exact) mass is 352 g/mol. The topological polar surface area (TPSA) is 59.4 Å². The average molecular weight is 353 g/mol. The number of carbonyl (C=O) groups excluding carboxylic acids is 1. The van der Waals surface area contributed by atoms with Crippen LogP contribution in [0, 0.1) is 11.3 Å². The van der Waals surface area contributed by atoms with Gasteiger partial charge >= 0.3 is 0 Å². The highest BCUT2D eigenvalue weighted by atomic mass is 35.5. The van der Waals surface area contributed by atoms with Gasteiger partial charge in [-0.25, -0.2) is 0 Å². The molecular weight excluding hydrogens is 335 g/mol. The number of carbonyl (C=O) groups is 1. The van der Waals surface area contributed by atoms with Crippen molar-refractivity contribution in [2.24, 2.45) is 0 Å². The van der Waals surface area contributed by atoms with Crippen molar-refractivity contribution >= 4 is 34.8 Å².